The van der Waals surface area contributed by atoms with Gasteiger partial charge >= 0.3 is 0 Å². The van der Waals surface area contributed by atoms with Gasteiger partial charge in [0.25, 0.3) is 11.1 Å². The van der Waals surface area contributed by atoms with Crippen molar-refractivity contribution in [2.45, 2.75) is 13.8 Å². The Morgan fingerprint density at radius 2 is 1.75 bits per heavy atom. The second-order valence-corrected chi connectivity index (χ2v) is 6.62. The lowest BCUT2D eigenvalue weighted by molar-refractivity contribution is -0.115. The summed E-state index contributed by atoms with van der Waals surface area (Å²) >= 11 is 0.935. The van der Waals surface area contributed by atoms with Gasteiger partial charge in [-0.1, -0.05) is 24.3 Å². The Bertz CT molecular complexity index is 854. The van der Waals surface area contributed by atoms with Gasteiger partial charge in [-0.15, -0.1) is 0 Å². The van der Waals surface area contributed by atoms with E-state index in [1.165, 1.54) is 0 Å². The van der Waals surface area contributed by atoms with Gasteiger partial charge in [0, 0.05) is 0 Å². The molecule has 0 bridgehead atoms. The molecule has 5 heteroatoms. The number of ether oxygens (including phenoxy) is 1. The monoisotopic (exact) mass is 339 g/mol. The highest BCUT2D eigenvalue weighted by Gasteiger charge is 2.25. The van der Waals surface area contributed by atoms with Gasteiger partial charge in [-0.25, -0.2) is 0 Å². The Hall–Kier alpha value is -2.53. The Kier molecular flexibility index (Phi) is 4.44. The Morgan fingerprint density at radius 1 is 1.04 bits per heavy atom. The molecule has 24 heavy (non-hydrogen) atoms. The quantitative estimate of drug-likeness (QED) is 0.847. The molecular weight excluding hydrogens is 322 g/mol. The van der Waals surface area contributed by atoms with Gasteiger partial charge < -0.3 is 4.74 Å². The predicted octanol–water partition coefficient (Wildman–Crippen LogP) is 4.30. The third-order valence-corrected chi connectivity index (χ3v) is 4.75. The minimum absolute atomic E-state index is 0.324. The first-order valence-electron chi connectivity index (χ1n) is 7.48. The molecule has 0 atom stereocenters. The van der Waals surface area contributed by atoms with Crippen LogP contribution in [0.3, 0.4) is 0 Å². The van der Waals surface area contributed by atoms with E-state index < -0.39 is 0 Å². The minimum Gasteiger partial charge on any atom is -0.497 e. The molecule has 1 aliphatic heterocycles. The first-order valence-corrected chi connectivity index (χ1v) is 8.30. The number of carbonyl (C=O) groups is 2. The lowest BCUT2D eigenvalue weighted by atomic mass is 9.95. The molecule has 1 saturated heterocycles. The van der Waals surface area contributed by atoms with Crippen LogP contribution in [0.2, 0.25) is 0 Å². The normalized spacial score (nSPS) is 15.7. The third-order valence-electron chi connectivity index (χ3n) is 3.94. The van der Waals surface area contributed by atoms with E-state index in [-0.39, 0.29) is 11.1 Å². The molecule has 1 N–H and O–H groups in total. The van der Waals surface area contributed by atoms with Crippen molar-refractivity contribution >= 4 is 29.0 Å². The predicted molar refractivity (Wildman–Crippen MR) is 97.0 cm³/mol. The molecule has 4 nitrogen and oxygen atoms in total. The van der Waals surface area contributed by atoms with Crippen molar-refractivity contribution in [3.05, 3.63) is 58.0 Å². The van der Waals surface area contributed by atoms with Crippen molar-refractivity contribution in [3.63, 3.8) is 0 Å². The fraction of sp³-hybridized carbons (Fsp3) is 0.158. The number of nitrogens with one attached hydrogen (secondary N) is 1. The summed E-state index contributed by atoms with van der Waals surface area (Å²) in [4.78, 5) is 23.4. The van der Waals surface area contributed by atoms with Gasteiger partial charge in [-0.05, 0) is 71.6 Å². The molecule has 1 fully saturated rings. The summed E-state index contributed by atoms with van der Waals surface area (Å²) in [5.41, 5.74) is 5.34. The van der Waals surface area contributed by atoms with E-state index in [1.54, 1.807) is 13.2 Å². The lowest BCUT2D eigenvalue weighted by Gasteiger charge is -2.11. The van der Waals surface area contributed by atoms with E-state index >= 15 is 0 Å². The van der Waals surface area contributed by atoms with Gasteiger partial charge in [0.2, 0.25) is 0 Å². The van der Waals surface area contributed by atoms with E-state index in [0.29, 0.717) is 4.91 Å². The van der Waals surface area contributed by atoms with Crippen LogP contribution in [-0.2, 0) is 4.79 Å². The zero-order chi connectivity index (χ0) is 17.3. The number of carbonyl (C=O) groups excluding carboxylic acids is 2. The molecular formula is C19H17NO3S. The number of amides is 2. The van der Waals surface area contributed by atoms with Gasteiger partial charge in [0.15, 0.2) is 0 Å². The molecule has 1 heterocycles. The summed E-state index contributed by atoms with van der Waals surface area (Å²) in [5, 5.41) is 1.95. The highest BCUT2D eigenvalue weighted by Crippen LogP contribution is 2.31. The van der Waals surface area contributed by atoms with Crippen molar-refractivity contribution in [3.8, 4) is 16.9 Å². The van der Waals surface area contributed by atoms with Crippen LogP contribution in [0.15, 0.2) is 41.3 Å². The largest absolute Gasteiger partial charge is 0.497 e. The number of hydrogen-bond donors (Lipinski definition) is 1. The van der Waals surface area contributed by atoms with Crippen molar-refractivity contribution in [2.75, 3.05) is 7.11 Å². The summed E-state index contributed by atoms with van der Waals surface area (Å²) in [6, 6.07) is 12.1. The van der Waals surface area contributed by atoms with Gasteiger partial charge in [-0.2, -0.15) is 0 Å². The van der Waals surface area contributed by atoms with Gasteiger partial charge in [-0.3, -0.25) is 14.9 Å². The number of benzene rings is 2. The third kappa shape index (κ3) is 3.21. The van der Waals surface area contributed by atoms with Gasteiger partial charge in [0.1, 0.15) is 5.75 Å². The van der Waals surface area contributed by atoms with Crippen LogP contribution in [0.5, 0.6) is 5.75 Å². The minimum atomic E-state index is -0.332. The van der Waals surface area contributed by atoms with Gasteiger partial charge in [0.05, 0.1) is 12.0 Å². The molecule has 0 spiro atoms. The second-order valence-electron chi connectivity index (χ2n) is 5.60. The molecule has 122 valence electrons. The fourth-order valence-electron chi connectivity index (χ4n) is 2.64. The number of imide groups is 1. The number of hydrogen-bond acceptors (Lipinski definition) is 4. The summed E-state index contributed by atoms with van der Waals surface area (Å²) < 4.78 is 5.20. The van der Waals surface area contributed by atoms with Crippen LogP contribution in [0.4, 0.5) is 4.79 Å². The van der Waals surface area contributed by atoms with Crippen LogP contribution >= 0.6 is 11.8 Å². The maximum absolute atomic E-state index is 11.7. The zero-order valence-electron chi connectivity index (χ0n) is 13.7. The first kappa shape index (κ1) is 16.3. The second kappa shape index (κ2) is 6.53. The summed E-state index contributed by atoms with van der Waals surface area (Å²) in [7, 11) is 1.65. The Labute approximate surface area is 144 Å². The molecule has 0 saturated carbocycles. The molecule has 0 aliphatic carbocycles. The van der Waals surface area contributed by atoms with Crippen LogP contribution in [0.1, 0.15) is 16.7 Å². The van der Waals surface area contributed by atoms with E-state index in [0.717, 1.165) is 45.3 Å². The van der Waals surface area contributed by atoms with E-state index in [9.17, 15) is 9.59 Å². The van der Waals surface area contributed by atoms with Crippen molar-refractivity contribution in [1.82, 2.24) is 5.32 Å². The Balaban J connectivity index is 1.98. The summed E-state index contributed by atoms with van der Waals surface area (Å²) in [5.74, 6) is 0.490. The molecule has 2 aromatic carbocycles. The SMILES string of the molecule is COc1ccc(-c2cc(C)c(/C=C3\SC(=O)NC3=O)cc2C)cc1. The van der Waals surface area contributed by atoms with Crippen molar-refractivity contribution in [2.24, 2.45) is 0 Å². The topological polar surface area (TPSA) is 55.4 Å². The van der Waals surface area contributed by atoms with Crippen molar-refractivity contribution in [1.29, 1.82) is 0 Å². The number of rotatable bonds is 3. The molecule has 1 aliphatic rings. The van der Waals surface area contributed by atoms with Crippen LogP contribution in [-0.4, -0.2) is 18.3 Å². The molecule has 0 aromatic heterocycles. The molecule has 2 amide bonds. The lowest BCUT2D eigenvalue weighted by Crippen LogP contribution is -2.17. The standard InChI is InChI=1S/C19H17NO3S/c1-11-9-16(13-4-6-15(23-3)7-5-13)12(2)8-14(11)10-17-18(21)20-19(22)24-17/h4-10H,1-3H3,(H,20,21,22)/b17-10-. The molecule has 3 rings (SSSR count). The zero-order valence-corrected chi connectivity index (χ0v) is 14.5. The van der Waals surface area contributed by atoms with Crippen LogP contribution in [0.25, 0.3) is 17.2 Å². The highest BCUT2D eigenvalue weighted by molar-refractivity contribution is 8.18. The van der Waals surface area contributed by atoms with E-state index in [1.807, 2.05) is 44.2 Å². The number of methoxy groups -OCH3 is 1. The number of aryl methyl sites for hydroxylation is 2. The average Bonchev–Trinajstić information content (AvgIpc) is 2.88. The fourth-order valence-corrected chi connectivity index (χ4v) is 3.31. The summed E-state index contributed by atoms with van der Waals surface area (Å²) in [6.45, 7) is 4.03. The number of thioether (sulfide) groups is 1. The van der Waals surface area contributed by atoms with Crippen molar-refractivity contribution < 1.29 is 14.3 Å². The molecule has 2 aromatic rings. The van der Waals surface area contributed by atoms with E-state index in [4.69, 9.17) is 4.74 Å². The Morgan fingerprint density at radius 3 is 2.33 bits per heavy atom. The maximum Gasteiger partial charge on any atom is 0.290 e. The molecule has 0 unspecified atom stereocenters. The van der Waals surface area contributed by atoms with Crippen LogP contribution < -0.4 is 10.1 Å². The summed E-state index contributed by atoms with van der Waals surface area (Å²) in [6.07, 6.45) is 1.77. The molecule has 0 radical (unpaired) electrons. The first-order chi connectivity index (χ1) is 11.5. The average molecular weight is 339 g/mol. The van der Waals surface area contributed by atoms with E-state index in [2.05, 4.69) is 11.4 Å². The van der Waals surface area contributed by atoms with Crippen LogP contribution in [0, 0.1) is 13.8 Å². The highest BCUT2D eigenvalue weighted by atomic mass is 32.2. The maximum atomic E-state index is 11.7. The smallest absolute Gasteiger partial charge is 0.290 e.